The Morgan fingerprint density at radius 3 is 2.90 bits per heavy atom. The molecule has 21 heavy (non-hydrogen) atoms. The molecule has 112 valence electrons. The molecular formula is C14H14FNO4S. The van der Waals surface area contributed by atoms with E-state index in [4.69, 9.17) is 9.47 Å². The Bertz CT molecular complexity index is 655. The third-order valence-corrected chi connectivity index (χ3v) is 3.75. The molecule has 0 saturated heterocycles. The second-order valence-electron chi connectivity index (χ2n) is 4.18. The number of benzene rings is 1. The van der Waals surface area contributed by atoms with Gasteiger partial charge in [-0.25, -0.2) is 9.18 Å². The number of hydrogen-bond acceptors (Lipinski definition) is 5. The van der Waals surface area contributed by atoms with Crippen molar-refractivity contribution < 1.29 is 23.5 Å². The summed E-state index contributed by atoms with van der Waals surface area (Å²) >= 11 is 1.13. The molecule has 1 aromatic carbocycles. The van der Waals surface area contributed by atoms with Gasteiger partial charge in [-0.3, -0.25) is 4.79 Å². The van der Waals surface area contributed by atoms with E-state index in [1.54, 1.807) is 12.1 Å². The Morgan fingerprint density at radius 1 is 1.38 bits per heavy atom. The summed E-state index contributed by atoms with van der Waals surface area (Å²) in [4.78, 5) is 23.5. The zero-order valence-electron chi connectivity index (χ0n) is 11.3. The molecule has 0 unspecified atom stereocenters. The number of rotatable bonds is 6. The van der Waals surface area contributed by atoms with Crippen LogP contribution in [0.15, 0.2) is 24.3 Å². The Balaban J connectivity index is 1.93. The highest BCUT2D eigenvalue weighted by atomic mass is 32.1. The van der Waals surface area contributed by atoms with Gasteiger partial charge in [0.25, 0.3) is 5.91 Å². The van der Waals surface area contributed by atoms with E-state index in [-0.39, 0.29) is 17.3 Å². The van der Waals surface area contributed by atoms with Crippen molar-refractivity contribution in [1.29, 1.82) is 0 Å². The third kappa shape index (κ3) is 3.99. The van der Waals surface area contributed by atoms with E-state index in [1.165, 1.54) is 19.2 Å². The standard InChI is InChI=1S/C14H14FNO4S/c1-19-6-5-16-13(17)8-20-14(18)12-7-9-10(15)3-2-4-11(9)21-12/h2-4,7H,5-6,8H2,1H3,(H,16,17). The molecule has 1 aromatic heterocycles. The summed E-state index contributed by atoms with van der Waals surface area (Å²) in [7, 11) is 1.52. The fourth-order valence-corrected chi connectivity index (χ4v) is 2.64. The van der Waals surface area contributed by atoms with E-state index in [0.717, 1.165) is 11.3 Å². The highest BCUT2D eigenvalue weighted by molar-refractivity contribution is 7.20. The fourth-order valence-electron chi connectivity index (χ4n) is 1.67. The second-order valence-corrected chi connectivity index (χ2v) is 5.26. The van der Waals surface area contributed by atoms with Gasteiger partial charge in [0.2, 0.25) is 0 Å². The maximum Gasteiger partial charge on any atom is 0.348 e. The zero-order chi connectivity index (χ0) is 15.2. The average molecular weight is 311 g/mol. The Labute approximate surface area is 124 Å². The zero-order valence-corrected chi connectivity index (χ0v) is 12.2. The Hall–Kier alpha value is -1.99. The van der Waals surface area contributed by atoms with Crippen molar-refractivity contribution in [3.63, 3.8) is 0 Å². The summed E-state index contributed by atoms with van der Waals surface area (Å²) in [5.74, 6) is -1.44. The number of halogens is 1. The van der Waals surface area contributed by atoms with Crippen molar-refractivity contribution in [1.82, 2.24) is 5.32 Å². The van der Waals surface area contributed by atoms with Gasteiger partial charge >= 0.3 is 5.97 Å². The van der Waals surface area contributed by atoms with Gasteiger partial charge in [0.05, 0.1) is 6.61 Å². The third-order valence-electron chi connectivity index (χ3n) is 2.67. The lowest BCUT2D eigenvalue weighted by Crippen LogP contribution is -2.31. The first-order valence-electron chi connectivity index (χ1n) is 6.22. The molecule has 1 N–H and O–H groups in total. The SMILES string of the molecule is COCCNC(=O)COC(=O)c1cc2c(F)cccc2s1. The van der Waals surface area contributed by atoms with Crippen LogP contribution in [0.3, 0.4) is 0 Å². The fraction of sp³-hybridized carbons (Fsp3) is 0.286. The van der Waals surface area contributed by atoms with Gasteiger partial charge in [0.15, 0.2) is 6.61 Å². The lowest BCUT2D eigenvalue weighted by atomic mass is 10.2. The van der Waals surface area contributed by atoms with Gasteiger partial charge < -0.3 is 14.8 Å². The minimum absolute atomic E-state index is 0.264. The monoisotopic (exact) mass is 311 g/mol. The molecule has 0 saturated carbocycles. The number of hydrogen-bond donors (Lipinski definition) is 1. The first-order chi connectivity index (χ1) is 10.1. The van der Waals surface area contributed by atoms with E-state index in [1.807, 2.05) is 0 Å². The Morgan fingerprint density at radius 2 is 2.19 bits per heavy atom. The topological polar surface area (TPSA) is 64.6 Å². The van der Waals surface area contributed by atoms with Crippen LogP contribution < -0.4 is 5.32 Å². The van der Waals surface area contributed by atoms with E-state index >= 15 is 0 Å². The maximum atomic E-state index is 13.5. The van der Waals surface area contributed by atoms with E-state index in [0.29, 0.717) is 23.2 Å². The molecule has 1 heterocycles. The van der Waals surface area contributed by atoms with Crippen LogP contribution in [0.5, 0.6) is 0 Å². The molecule has 0 aliphatic rings. The maximum absolute atomic E-state index is 13.5. The number of carbonyl (C=O) groups is 2. The van der Waals surface area contributed by atoms with Gasteiger partial charge in [0.1, 0.15) is 10.7 Å². The normalized spacial score (nSPS) is 10.6. The highest BCUT2D eigenvalue weighted by Gasteiger charge is 2.15. The first kappa shape index (κ1) is 15.4. The lowest BCUT2D eigenvalue weighted by molar-refractivity contribution is -0.124. The molecule has 0 aliphatic heterocycles. The number of fused-ring (bicyclic) bond motifs is 1. The van der Waals surface area contributed by atoms with Crippen LogP contribution in [0.25, 0.3) is 10.1 Å². The van der Waals surface area contributed by atoms with Crippen LogP contribution in [0.1, 0.15) is 9.67 Å². The average Bonchev–Trinajstić information content (AvgIpc) is 2.91. The van der Waals surface area contributed by atoms with Crippen LogP contribution in [0, 0.1) is 5.82 Å². The van der Waals surface area contributed by atoms with E-state index < -0.39 is 11.9 Å². The van der Waals surface area contributed by atoms with Crippen LogP contribution in [0.2, 0.25) is 0 Å². The highest BCUT2D eigenvalue weighted by Crippen LogP contribution is 2.27. The van der Waals surface area contributed by atoms with Crippen LogP contribution >= 0.6 is 11.3 Å². The molecule has 0 aliphatic carbocycles. The second kappa shape index (κ2) is 7.14. The molecular weight excluding hydrogens is 297 g/mol. The molecule has 0 fully saturated rings. The molecule has 0 spiro atoms. The number of carbonyl (C=O) groups excluding carboxylic acids is 2. The van der Waals surface area contributed by atoms with Crippen LogP contribution in [0.4, 0.5) is 4.39 Å². The number of esters is 1. The predicted molar refractivity (Wildman–Crippen MR) is 77.0 cm³/mol. The molecule has 1 amide bonds. The summed E-state index contributed by atoms with van der Waals surface area (Å²) < 4.78 is 23.8. The summed E-state index contributed by atoms with van der Waals surface area (Å²) in [6, 6.07) is 6.05. The Kier molecular flexibility index (Phi) is 5.24. The van der Waals surface area contributed by atoms with Crippen molar-refractivity contribution >= 4 is 33.3 Å². The molecule has 2 rings (SSSR count). The van der Waals surface area contributed by atoms with Crippen LogP contribution in [-0.4, -0.2) is 38.7 Å². The number of thiophene rings is 1. The van der Waals surface area contributed by atoms with E-state index in [9.17, 15) is 14.0 Å². The lowest BCUT2D eigenvalue weighted by Gasteiger charge is -2.04. The van der Waals surface area contributed by atoms with E-state index in [2.05, 4.69) is 5.32 Å². The van der Waals surface area contributed by atoms with Crippen molar-refractivity contribution in [2.24, 2.45) is 0 Å². The van der Waals surface area contributed by atoms with Crippen molar-refractivity contribution in [3.05, 3.63) is 35.0 Å². The molecule has 2 aromatic rings. The molecule has 0 atom stereocenters. The predicted octanol–water partition coefficient (Wildman–Crippen LogP) is 1.96. The minimum atomic E-state index is -0.641. The van der Waals surface area contributed by atoms with Gasteiger partial charge in [0, 0.05) is 23.7 Å². The number of amides is 1. The van der Waals surface area contributed by atoms with Gasteiger partial charge in [-0.2, -0.15) is 0 Å². The van der Waals surface area contributed by atoms with Gasteiger partial charge in [-0.15, -0.1) is 11.3 Å². The molecule has 0 radical (unpaired) electrons. The number of nitrogens with one attached hydrogen (secondary N) is 1. The summed E-state index contributed by atoms with van der Waals surface area (Å²) in [5.41, 5.74) is 0. The minimum Gasteiger partial charge on any atom is -0.451 e. The first-order valence-corrected chi connectivity index (χ1v) is 7.04. The number of methoxy groups -OCH3 is 1. The van der Waals surface area contributed by atoms with Crippen molar-refractivity contribution in [3.8, 4) is 0 Å². The smallest absolute Gasteiger partial charge is 0.348 e. The molecule has 7 heteroatoms. The quantitative estimate of drug-likeness (QED) is 0.654. The molecule has 5 nitrogen and oxygen atoms in total. The summed E-state index contributed by atoms with van der Waals surface area (Å²) in [5, 5.41) is 2.90. The molecule has 0 bridgehead atoms. The van der Waals surface area contributed by atoms with Gasteiger partial charge in [-0.1, -0.05) is 6.07 Å². The van der Waals surface area contributed by atoms with Crippen molar-refractivity contribution in [2.75, 3.05) is 26.9 Å². The number of ether oxygens (including phenoxy) is 2. The van der Waals surface area contributed by atoms with Gasteiger partial charge in [-0.05, 0) is 18.2 Å². The summed E-state index contributed by atoms with van der Waals surface area (Å²) in [6.45, 7) is 0.357. The summed E-state index contributed by atoms with van der Waals surface area (Å²) in [6.07, 6.45) is 0. The van der Waals surface area contributed by atoms with Crippen LogP contribution in [-0.2, 0) is 14.3 Å². The van der Waals surface area contributed by atoms with Crippen molar-refractivity contribution in [2.45, 2.75) is 0 Å². The largest absolute Gasteiger partial charge is 0.451 e.